The van der Waals surface area contributed by atoms with E-state index in [0.29, 0.717) is 12.1 Å². The molecule has 0 spiro atoms. The quantitative estimate of drug-likeness (QED) is 0.744. The number of alkyl halides is 3. The zero-order valence-corrected chi connectivity index (χ0v) is 17.4. The molecule has 0 saturated carbocycles. The van der Waals surface area contributed by atoms with Crippen LogP contribution in [0.15, 0.2) is 54.6 Å². The number of urea groups is 1. The molecule has 1 aliphatic heterocycles. The van der Waals surface area contributed by atoms with Crippen molar-refractivity contribution in [1.29, 1.82) is 0 Å². The topological polar surface area (TPSA) is 61.4 Å². The van der Waals surface area contributed by atoms with Gasteiger partial charge in [0.1, 0.15) is 0 Å². The minimum absolute atomic E-state index is 0.0922. The van der Waals surface area contributed by atoms with E-state index >= 15 is 0 Å². The van der Waals surface area contributed by atoms with Gasteiger partial charge in [0.15, 0.2) is 0 Å². The zero-order valence-electron chi connectivity index (χ0n) is 17.4. The molecule has 2 atom stereocenters. The average Bonchev–Trinajstić information content (AvgIpc) is 3.18. The molecule has 3 amide bonds. The zero-order chi connectivity index (χ0) is 22.6. The molecule has 166 valence electrons. The van der Waals surface area contributed by atoms with E-state index in [0.717, 1.165) is 17.7 Å². The molecule has 3 rings (SSSR count). The summed E-state index contributed by atoms with van der Waals surface area (Å²) in [5.41, 5.74) is 0.548. The Balaban J connectivity index is 1.82. The molecule has 0 unspecified atom stereocenters. The lowest BCUT2D eigenvalue weighted by Gasteiger charge is -2.19. The second-order valence-corrected chi connectivity index (χ2v) is 8.05. The first kappa shape index (κ1) is 22.7. The molecule has 0 bridgehead atoms. The highest BCUT2D eigenvalue weighted by Crippen LogP contribution is 2.36. The molecule has 5 nitrogen and oxygen atoms in total. The minimum atomic E-state index is -4.48. The number of hydrogen-bond acceptors (Lipinski definition) is 2. The molecule has 0 aromatic heterocycles. The van der Waals surface area contributed by atoms with Crippen LogP contribution < -0.4 is 10.6 Å². The number of halogens is 3. The largest absolute Gasteiger partial charge is 0.416 e. The number of likely N-dealkylation sites (tertiary alicyclic amines) is 1. The highest BCUT2D eigenvalue weighted by Gasteiger charge is 2.41. The van der Waals surface area contributed by atoms with E-state index in [2.05, 4.69) is 10.6 Å². The highest BCUT2D eigenvalue weighted by molar-refractivity contribution is 5.83. The summed E-state index contributed by atoms with van der Waals surface area (Å²) in [7, 11) is 0. The van der Waals surface area contributed by atoms with E-state index in [4.69, 9.17) is 0 Å². The molecule has 0 radical (unpaired) electrons. The monoisotopic (exact) mass is 433 g/mol. The third-order valence-corrected chi connectivity index (χ3v) is 5.31. The molecule has 2 N–H and O–H groups in total. The Kier molecular flexibility index (Phi) is 6.87. The van der Waals surface area contributed by atoms with E-state index in [1.165, 1.54) is 11.0 Å². The van der Waals surface area contributed by atoms with Gasteiger partial charge in [-0.25, -0.2) is 4.79 Å². The molecule has 1 fully saturated rings. The molecular formula is C23H26F3N3O2. The van der Waals surface area contributed by atoms with E-state index in [1.807, 2.05) is 44.2 Å². The predicted molar refractivity (Wildman–Crippen MR) is 111 cm³/mol. The van der Waals surface area contributed by atoms with Crippen LogP contribution in [0.5, 0.6) is 0 Å². The lowest BCUT2D eigenvalue weighted by atomic mass is 9.87. The van der Waals surface area contributed by atoms with Crippen LogP contribution in [0.3, 0.4) is 0 Å². The Labute approximate surface area is 179 Å². The van der Waals surface area contributed by atoms with Crippen LogP contribution in [0.25, 0.3) is 0 Å². The van der Waals surface area contributed by atoms with Gasteiger partial charge in [0.05, 0.1) is 11.5 Å². The Bertz CT molecular complexity index is 916. The van der Waals surface area contributed by atoms with Crippen molar-refractivity contribution >= 4 is 11.9 Å². The number of carbonyl (C=O) groups is 2. The second kappa shape index (κ2) is 9.41. The third kappa shape index (κ3) is 5.77. The smallest absolute Gasteiger partial charge is 0.352 e. The number of nitrogens with one attached hydrogen (secondary N) is 2. The van der Waals surface area contributed by atoms with Gasteiger partial charge >= 0.3 is 12.2 Å². The van der Waals surface area contributed by atoms with Crippen LogP contribution in [-0.2, 0) is 17.5 Å². The maximum atomic E-state index is 13.2. The van der Waals surface area contributed by atoms with Crippen molar-refractivity contribution in [3.63, 3.8) is 0 Å². The number of benzene rings is 2. The molecule has 0 aliphatic carbocycles. The van der Waals surface area contributed by atoms with Crippen molar-refractivity contribution in [2.45, 2.75) is 38.5 Å². The maximum absolute atomic E-state index is 13.2. The molecule has 1 saturated heterocycles. The molecule has 31 heavy (non-hydrogen) atoms. The summed E-state index contributed by atoms with van der Waals surface area (Å²) in [5, 5.41) is 5.65. The average molecular weight is 433 g/mol. The van der Waals surface area contributed by atoms with Crippen molar-refractivity contribution in [1.82, 2.24) is 15.5 Å². The number of nitrogens with zero attached hydrogens (tertiary/aromatic N) is 1. The molecule has 1 heterocycles. The van der Waals surface area contributed by atoms with Gasteiger partial charge in [-0.2, -0.15) is 13.2 Å². The first-order valence-electron chi connectivity index (χ1n) is 10.2. The van der Waals surface area contributed by atoms with Gasteiger partial charge < -0.3 is 15.5 Å². The normalized spacial score (nSPS) is 18.8. The number of hydrogen-bond donors (Lipinski definition) is 2. The molecule has 2 aromatic carbocycles. The second-order valence-electron chi connectivity index (χ2n) is 8.05. The minimum Gasteiger partial charge on any atom is -0.352 e. The number of rotatable bonds is 5. The van der Waals surface area contributed by atoms with Gasteiger partial charge in [0.2, 0.25) is 5.91 Å². The summed E-state index contributed by atoms with van der Waals surface area (Å²) in [4.78, 5) is 27.0. The van der Waals surface area contributed by atoms with Crippen molar-refractivity contribution < 1.29 is 22.8 Å². The Hall–Kier alpha value is -3.03. The van der Waals surface area contributed by atoms with Gasteiger partial charge in [-0.15, -0.1) is 0 Å². The van der Waals surface area contributed by atoms with Crippen LogP contribution >= 0.6 is 0 Å². The van der Waals surface area contributed by atoms with Crippen molar-refractivity contribution in [2.24, 2.45) is 5.92 Å². The van der Waals surface area contributed by atoms with E-state index in [1.54, 1.807) is 6.07 Å². The van der Waals surface area contributed by atoms with Gasteiger partial charge in [-0.3, -0.25) is 4.79 Å². The van der Waals surface area contributed by atoms with Gasteiger partial charge in [0, 0.05) is 31.6 Å². The molecule has 2 aromatic rings. The number of amides is 3. The van der Waals surface area contributed by atoms with Crippen LogP contribution in [0, 0.1) is 5.92 Å². The Morgan fingerprint density at radius 1 is 1.06 bits per heavy atom. The Morgan fingerprint density at radius 2 is 1.77 bits per heavy atom. The lowest BCUT2D eigenvalue weighted by Crippen LogP contribution is -2.42. The van der Waals surface area contributed by atoms with Crippen LogP contribution in [0.4, 0.5) is 18.0 Å². The fraction of sp³-hybridized carbons (Fsp3) is 0.391. The van der Waals surface area contributed by atoms with E-state index in [9.17, 15) is 22.8 Å². The van der Waals surface area contributed by atoms with Gasteiger partial charge in [-0.05, 0) is 31.0 Å². The summed E-state index contributed by atoms with van der Waals surface area (Å²) in [6.07, 6.45) is -4.48. The van der Waals surface area contributed by atoms with Crippen molar-refractivity contribution in [3.05, 3.63) is 71.3 Å². The SMILES string of the molecule is CC(C)NC(=O)N1C[C@@H](C(=O)NCc2ccccc2)[C@H](c2cccc(C(F)(F)F)c2)C1. The highest BCUT2D eigenvalue weighted by atomic mass is 19.4. The lowest BCUT2D eigenvalue weighted by molar-refractivity contribution is -0.137. The van der Waals surface area contributed by atoms with Crippen LogP contribution in [0.1, 0.15) is 36.5 Å². The van der Waals surface area contributed by atoms with Gasteiger partial charge in [0.25, 0.3) is 0 Å². The summed E-state index contributed by atoms with van der Waals surface area (Å²) in [6.45, 7) is 4.26. The van der Waals surface area contributed by atoms with Crippen molar-refractivity contribution in [3.8, 4) is 0 Å². The molecular weight excluding hydrogens is 407 g/mol. The summed E-state index contributed by atoms with van der Waals surface area (Å²) in [6, 6.07) is 13.9. The molecule has 8 heteroatoms. The standard InChI is InChI=1S/C23H26F3N3O2/c1-15(2)28-22(31)29-13-19(17-9-6-10-18(11-17)23(24,25)26)20(14-29)21(30)27-12-16-7-4-3-5-8-16/h3-11,15,19-20H,12-14H2,1-2H3,(H,27,30)(H,28,31)/t19-,20+/m0/s1. The summed E-state index contributed by atoms with van der Waals surface area (Å²) < 4.78 is 39.6. The summed E-state index contributed by atoms with van der Waals surface area (Å²) in [5.74, 6) is -1.47. The van der Waals surface area contributed by atoms with Crippen LogP contribution in [-0.4, -0.2) is 36.0 Å². The predicted octanol–water partition coefficient (Wildman–Crippen LogP) is 4.16. The van der Waals surface area contributed by atoms with Crippen LogP contribution in [0.2, 0.25) is 0 Å². The van der Waals surface area contributed by atoms with E-state index in [-0.39, 0.29) is 31.1 Å². The fourth-order valence-corrected chi connectivity index (χ4v) is 3.77. The maximum Gasteiger partial charge on any atom is 0.416 e. The number of carbonyl (C=O) groups excluding carboxylic acids is 2. The first-order valence-corrected chi connectivity index (χ1v) is 10.2. The van der Waals surface area contributed by atoms with Crippen molar-refractivity contribution in [2.75, 3.05) is 13.1 Å². The van der Waals surface area contributed by atoms with Gasteiger partial charge in [-0.1, -0.05) is 48.5 Å². The molecule has 1 aliphatic rings. The fourth-order valence-electron chi connectivity index (χ4n) is 3.77. The first-order chi connectivity index (χ1) is 14.6. The third-order valence-electron chi connectivity index (χ3n) is 5.31. The summed E-state index contributed by atoms with van der Waals surface area (Å²) >= 11 is 0. The Morgan fingerprint density at radius 3 is 2.42 bits per heavy atom. The van der Waals surface area contributed by atoms with E-state index < -0.39 is 23.6 Å².